The number of aromatic nitrogens is 2. The van der Waals surface area contributed by atoms with Crippen molar-refractivity contribution < 1.29 is 19.2 Å². The molecule has 198 valence electrons. The van der Waals surface area contributed by atoms with Crippen molar-refractivity contribution in [2.45, 2.75) is 64.6 Å². The second-order valence-corrected chi connectivity index (χ2v) is 10.8. The monoisotopic (exact) mass is 515 g/mol. The van der Waals surface area contributed by atoms with Gasteiger partial charge in [-0.25, -0.2) is 0 Å². The largest absolute Gasteiger partial charge is 0.391 e. The molecule has 0 radical (unpaired) electrons. The molecule has 2 aliphatic heterocycles. The van der Waals surface area contributed by atoms with E-state index in [-0.39, 0.29) is 24.3 Å². The summed E-state index contributed by atoms with van der Waals surface area (Å²) < 4.78 is 5.45. The topological polar surface area (TPSA) is 121 Å². The highest BCUT2D eigenvalue weighted by molar-refractivity contribution is 6.09. The Bertz CT molecular complexity index is 1400. The summed E-state index contributed by atoms with van der Waals surface area (Å²) >= 11 is 0. The van der Waals surface area contributed by atoms with Crippen molar-refractivity contribution in [2.24, 2.45) is 10.9 Å². The van der Waals surface area contributed by atoms with Gasteiger partial charge in [-0.2, -0.15) is 4.99 Å². The Morgan fingerprint density at radius 1 is 1.21 bits per heavy atom. The Kier molecular flexibility index (Phi) is 6.65. The average molecular weight is 516 g/mol. The Balaban J connectivity index is 1.39. The highest BCUT2D eigenvalue weighted by atomic mass is 16.5. The van der Waals surface area contributed by atoms with Gasteiger partial charge in [0, 0.05) is 36.5 Å². The maximum atomic E-state index is 13.8. The zero-order valence-corrected chi connectivity index (χ0v) is 22.3. The lowest BCUT2D eigenvalue weighted by molar-refractivity contribution is -0.134. The smallest absolute Gasteiger partial charge is 0.277 e. The van der Waals surface area contributed by atoms with E-state index < -0.39 is 23.6 Å². The average Bonchev–Trinajstić information content (AvgIpc) is 3.57. The van der Waals surface area contributed by atoms with Gasteiger partial charge in [0.15, 0.2) is 0 Å². The fourth-order valence-corrected chi connectivity index (χ4v) is 5.45. The first kappa shape index (κ1) is 25.8. The van der Waals surface area contributed by atoms with Crippen LogP contribution in [-0.4, -0.2) is 56.5 Å². The number of carbonyl (C=O) groups excluding carboxylic acids is 2. The first-order valence-corrected chi connectivity index (χ1v) is 12.9. The molecule has 2 aliphatic rings. The van der Waals surface area contributed by atoms with E-state index in [2.05, 4.69) is 20.4 Å². The van der Waals surface area contributed by atoms with Crippen molar-refractivity contribution in [1.29, 1.82) is 0 Å². The van der Waals surface area contributed by atoms with Crippen LogP contribution in [0, 0.1) is 19.8 Å². The van der Waals surface area contributed by atoms with E-state index in [1.54, 1.807) is 24.1 Å². The molecular formula is C29H33N5O4. The number of rotatable bonds is 6. The first-order valence-electron chi connectivity index (χ1n) is 12.9. The maximum absolute atomic E-state index is 13.8. The number of nitrogens with zero attached hydrogens (tertiary/aromatic N) is 4. The molecule has 0 spiro atoms. The number of hydrogen-bond acceptors (Lipinski definition) is 7. The summed E-state index contributed by atoms with van der Waals surface area (Å²) in [6, 6.07) is 12.9. The van der Waals surface area contributed by atoms with Crippen molar-refractivity contribution in [3.63, 3.8) is 0 Å². The van der Waals surface area contributed by atoms with Crippen molar-refractivity contribution in [2.75, 3.05) is 6.54 Å². The summed E-state index contributed by atoms with van der Waals surface area (Å²) in [5.74, 6) is -0.242. The van der Waals surface area contributed by atoms with Gasteiger partial charge < -0.3 is 19.8 Å². The van der Waals surface area contributed by atoms with Gasteiger partial charge >= 0.3 is 0 Å². The number of β-amino-alcohol motifs (C(OH)–C–C–N with tert-alkyl or cyclic N) is 1. The zero-order chi connectivity index (χ0) is 27.2. The molecular weight excluding hydrogens is 482 g/mol. The van der Waals surface area contributed by atoms with Crippen molar-refractivity contribution in [3.05, 3.63) is 71.4 Å². The quantitative estimate of drug-likeness (QED) is 0.515. The molecule has 1 saturated heterocycles. The van der Waals surface area contributed by atoms with E-state index in [9.17, 15) is 14.7 Å². The van der Waals surface area contributed by atoms with Gasteiger partial charge in [-0.1, -0.05) is 49.3 Å². The predicted octanol–water partition coefficient (Wildman–Crippen LogP) is 3.50. The molecule has 0 aliphatic carbocycles. The number of pyridine rings is 1. The lowest BCUT2D eigenvalue weighted by atomic mass is 9.90. The van der Waals surface area contributed by atoms with E-state index in [1.807, 2.05) is 64.1 Å². The third kappa shape index (κ3) is 4.51. The fraction of sp³-hybridized carbons (Fsp3) is 0.414. The SMILES string of the molecule is Cc1cc([C@@H](C(=O)N2C[C@H](O)C[C@@H]2C2=NC(=O)[C@@](C)(c3ccc(-c4cccnc4C)cc3)N2)C(C)C)on1. The van der Waals surface area contributed by atoms with Gasteiger partial charge in [0.05, 0.1) is 17.8 Å². The van der Waals surface area contributed by atoms with Gasteiger partial charge in [-0.15, -0.1) is 0 Å². The minimum Gasteiger partial charge on any atom is -0.391 e. The van der Waals surface area contributed by atoms with E-state index in [0.29, 0.717) is 23.7 Å². The van der Waals surface area contributed by atoms with Crippen molar-refractivity contribution >= 4 is 17.6 Å². The Morgan fingerprint density at radius 2 is 1.95 bits per heavy atom. The van der Waals surface area contributed by atoms with Gasteiger partial charge in [-0.05, 0) is 43.9 Å². The van der Waals surface area contributed by atoms with Crippen LogP contribution in [0.1, 0.15) is 55.8 Å². The van der Waals surface area contributed by atoms with Crippen LogP contribution in [0.4, 0.5) is 0 Å². The molecule has 4 heterocycles. The van der Waals surface area contributed by atoms with Gasteiger partial charge in [0.1, 0.15) is 23.1 Å². The number of amides is 2. The highest BCUT2D eigenvalue weighted by Crippen LogP contribution is 2.34. The summed E-state index contributed by atoms with van der Waals surface area (Å²) in [6.45, 7) is 9.62. The summed E-state index contributed by atoms with van der Waals surface area (Å²) in [6.07, 6.45) is 1.33. The van der Waals surface area contributed by atoms with Crippen LogP contribution in [-0.2, 0) is 15.1 Å². The molecule has 2 aromatic heterocycles. The molecule has 9 heteroatoms. The summed E-state index contributed by atoms with van der Waals surface area (Å²) in [5.41, 5.74) is 3.34. The van der Waals surface area contributed by atoms with E-state index in [0.717, 1.165) is 22.4 Å². The number of aliphatic hydroxyl groups is 1. The minimum atomic E-state index is -1.08. The minimum absolute atomic E-state index is 0.0550. The second kappa shape index (κ2) is 9.79. The van der Waals surface area contributed by atoms with Crippen LogP contribution in [0.15, 0.2) is 58.2 Å². The Morgan fingerprint density at radius 3 is 2.58 bits per heavy atom. The van der Waals surface area contributed by atoms with Gasteiger partial charge in [0.2, 0.25) is 5.91 Å². The van der Waals surface area contributed by atoms with Gasteiger partial charge in [-0.3, -0.25) is 14.6 Å². The van der Waals surface area contributed by atoms with Gasteiger partial charge in [0.25, 0.3) is 5.91 Å². The second-order valence-electron chi connectivity index (χ2n) is 10.8. The maximum Gasteiger partial charge on any atom is 0.277 e. The molecule has 3 aromatic rings. The molecule has 2 N–H and O–H groups in total. The van der Waals surface area contributed by atoms with E-state index >= 15 is 0 Å². The lowest BCUT2D eigenvalue weighted by Gasteiger charge is -2.31. The van der Waals surface area contributed by atoms with Crippen LogP contribution in [0.2, 0.25) is 0 Å². The normalized spacial score (nSPS) is 24.0. The molecule has 1 aromatic carbocycles. The van der Waals surface area contributed by atoms with E-state index in [1.165, 1.54) is 0 Å². The third-order valence-corrected chi connectivity index (χ3v) is 7.57. The summed E-state index contributed by atoms with van der Waals surface area (Å²) in [7, 11) is 0. The predicted molar refractivity (Wildman–Crippen MR) is 142 cm³/mol. The van der Waals surface area contributed by atoms with E-state index in [4.69, 9.17) is 4.52 Å². The van der Waals surface area contributed by atoms with Crippen LogP contribution in [0.3, 0.4) is 0 Å². The molecule has 5 rings (SSSR count). The standard InChI is InChI=1S/C29H33N5O4/c1-16(2)25(24-13-17(3)33-38-24)27(36)34-15-21(35)14-23(34)26-31-28(37)29(5,32-26)20-10-8-19(9-11-20)22-7-6-12-30-18(22)4/h6-13,16,21,23,25,35H,14-15H2,1-5H3,(H,31,32,37)/t21-,23-,25+,29-/m1/s1. The fourth-order valence-electron chi connectivity index (χ4n) is 5.45. The Hall–Kier alpha value is -3.85. The number of likely N-dealkylation sites (tertiary alicyclic amines) is 1. The van der Waals surface area contributed by atoms with Crippen molar-refractivity contribution in [1.82, 2.24) is 20.4 Å². The third-order valence-electron chi connectivity index (χ3n) is 7.57. The Labute approximate surface area is 222 Å². The van der Waals surface area contributed by atoms with Crippen LogP contribution >= 0.6 is 0 Å². The number of aryl methyl sites for hydroxylation is 2. The molecule has 0 unspecified atom stereocenters. The number of aliphatic imine (C=N–C) groups is 1. The number of carbonyl (C=O) groups is 2. The molecule has 4 atom stereocenters. The van der Waals surface area contributed by atoms with Crippen LogP contribution in [0.25, 0.3) is 11.1 Å². The molecule has 1 fully saturated rings. The number of amidine groups is 1. The first-order chi connectivity index (χ1) is 18.1. The summed E-state index contributed by atoms with van der Waals surface area (Å²) in [5, 5.41) is 17.8. The number of hydrogen-bond donors (Lipinski definition) is 2. The molecule has 0 bridgehead atoms. The highest BCUT2D eigenvalue weighted by Gasteiger charge is 2.48. The molecule has 2 amide bonds. The zero-order valence-electron chi connectivity index (χ0n) is 22.3. The molecule has 0 saturated carbocycles. The van der Waals surface area contributed by atoms with Crippen molar-refractivity contribution in [3.8, 4) is 11.1 Å². The summed E-state index contributed by atoms with van der Waals surface area (Å²) in [4.78, 5) is 37.4. The number of aliphatic hydroxyl groups excluding tert-OH is 1. The molecule has 9 nitrogen and oxygen atoms in total. The van der Waals surface area contributed by atoms with Crippen LogP contribution < -0.4 is 5.32 Å². The number of nitrogens with one attached hydrogen (secondary N) is 1. The molecule has 38 heavy (non-hydrogen) atoms. The number of benzene rings is 1. The van der Waals surface area contributed by atoms with Crippen LogP contribution in [0.5, 0.6) is 0 Å². The lowest BCUT2D eigenvalue weighted by Crippen LogP contribution is -2.51.